The van der Waals surface area contributed by atoms with Crippen LogP contribution in [0, 0.1) is 0 Å². The third kappa shape index (κ3) is 2.98. The maximum absolute atomic E-state index is 11.1. The Morgan fingerprint density at radius 3 is 2.50 bits per heavy atom. The van der Waals surface area contributed by atoms with Crippen molar-refractivity contribution in [3.8, 4) is 0 Å². The molecule has 0 aliphatic carbocycles. The van der Waals surface area contributed by atoms with Crippen LogP contribution in [-0.4, -0.2) is 17.6 Å². The van der Waals surface area contributed by atoms with E-state index in [1.807, 2.05) is 0 Å². The average Bonchev–Trinajstić information content (AvgIpc) is 2.21. The van der Waals surface area contributed by atoms with Crippen molar-refractivity contribution >= 4 is 29.2 Å². The van der Waals surface area contributed by atoms with Crippen LogP contribution in [0.3, 0.4) is 0 Å². The lowest BCUT2D eigenvalue weighted by molar-refractivity contribution is -0.139. The molecule has 1 aromatic carbocycles. The third-order valence-electron chi connectivity index (χ3n) is 2.00. The van der Waals surface area contributed by atoms with E-state index in [-0.39, 0.29) is 0 Å². The maximum atomic E-state index is 11.1. The van der Waals surface area contributed by atoms with Gasteiger partial charge < -0.3 is 5.11 Å². The number of hydrogen-bond acceptors (Lipinski definition) is 2. The summed E-state index contributed by atoms with van der Waals surface area (Å²) < 4.78 is 0. The van der Waals surface area contributed by atoms with Crippen molar-refractivity contribution in [3.63, 3.8) is 0 Å². The third-order valence-corrected chi connectivity index (χ3v) is 2.66. The number of aliphatic carboxylic acids is 1. The van der Waals surface area contributed by atoms with Gasteiger partial charge in [0.1, 0.15) is 6.04 Å². The lowest BCUT2D eigenvalue weighted by atomic mass is 10.1. The van der Waals surface area contributed by atoms with Gasteiger partial charge in [0.25, 0.3) is 0 Å². The molecule has 2 N–H and O–H groups in total. The molecule has 3 nitrogen and oxygen atoms in total. The minimum atomic E-state index is -1.03. The molecule has 1 rings (SSSR count). The fraction of sp³-hybridized carbons (Fsp3) is 0.182. The first kappa shape index (κ1) is 13.0. The van der Waals surface area contributed by atoms with E-state index in [1.54, 1.807) is 24.3 Å². The van der Waals surface area contributed by atoms with Crippen LogP contribution in [0.4, 0.5) is 0 Å². The second-order valence-corrected chi connectivity index (χ2v) is 3.92. The highest BCUT2D eigenvalue weighted by Gasteiger charge is 2.23. The minimum absolute atomic E-state index is 0.330. The summed E-state index contributed by atoms with van der Waals surface area (Å²) in [5.74, 6) is -1.03. The molecule has 0 heterocycles. The topological polar surface area (TPSA) is 49.3 Å². The van der Waals surface area contributed by atoms with Gasteiger partial charge in [-0.05, 0) is 12.1 Å². The Hall–Kier alpha value is -1.03. The van der Waals surface area contributed by atoms with Crippen LogP contribution < -0.4 is 5.32 Å². The lowest BCUT2D eigenvalue weighted by Crippen LogP contribution is -2.29. The molecule has 1 unspecified atom stereocenters. The fourth-order valence-electron chi connectivity index (χ4n) is 1.30. The Kier molecular flexibility index (Phi) is 4.80. The molecule has 86 valence electrons. The molecule has 0 spiro atoms. The van der Waals surface area contributed by atoms with Crippen LogP contribution in [0.15, 0.2) is 30.9 Å². The Morgan fingerprint density at radius 1 is 1.50 bits per heavy atom. The van der Waals surface area contributed by atoms with Crippen LogP contribution in [-0.2, 0) is 4.79 Å². The summed E-state index contributed by atoms with van der Waals surface area (Å²) in [6.07, 6.45) is 1.57. The molecule has 0 aromatic heterocycles. The van der Waals surface area contributed by atoms with E-state index in [2.05, 4.69) is 11.9 Å². The molecule has 5 heteroatoms. The van der Waals surface area contributed by atoms with E-state index in [0.717, 1.165) is 0 Å². The summed E-state index contributed by atoms with van der Waals surface area (Å²) in [4.78, 5) is 11.1. The van der Waals surface area contributed by atoms with E-state index >= 15 is 0 Å². The molecule has 16 heavy (non-hydrogen) atoms. The van der Waals surface area contributed by atoms with Crippen LogP contribution in [0.2, 0.25) is 10.0 Å². The summed E-state index contributed by atoms with van der Waals surface area (Å²) in [6, 6.07) is 3.95. The first-order chi connectivity index (χ1) is 7.57. The summed E-state index contributed by atoms with van der Waals surface area (Å²) in [7, 11) is 0. The smallest absolute Gasteiger partial charge is 0.325 e. The molecule has 0 radical (unpaired) electrons. The Bertz CT molecular complexity index is 387. The van der Waals surface area contributed by atoms with Crippen molar-refractivity contribution in [2.75, 3.05) is 6.54 Å². The standard InChI is InChI=1S/C11H11Cl2NO2/c1-2-6-14-10(11(15)16)9-7(12)4-3-5-8(9)13/h2-5,10,14H,1,6H2,(H,15,16). The highest BCUT2D eigenvalue weighted by molar-refractivity contribution is 6.36. The van der Waals surface area contributed by atoms with E-state index in [1.165, 1.54) is 0 Å². The van der Waals surface area contributed by atoms with Gasteiger partial charge in [-0.1, -0.05) is 35.3 Å². The Morgan fingerprint density at radius 2 is 2.06 bits per heavy atom. The molecule has 0 saturated heterocycles. The number of rotatable bonds is 5. The van der Waals surface area contributed by atoms with Gasteiger partial charge in [0, 0.05) is 22.2 Å². The van der Waals surface area contributed by atoms with Gasteiger partial charge in [0.05, 0.1) is 0 Å². The number of carboxylic acid groups (broad SMARTS) is 1. The van der Waals surface area contributed by atoms with E-state index in [4.69, 9.17) is 28.3 Å². The van der Waals surface area contributed by atoms with Gasteiger partial charge >= 0.3 is 5.97 Å². The van der Waals surface area contributed by atoms with Crippen molar-refractivity contribution in [2.24, 2.45) is 0 Å². The molecule has 0 saturated carbocycles. The van der Waals surface area contributed by atoms with Gasteiger partial charge in [-0.2, -0.15) is 0 Å². The van der Waals surface area contributed by atoms with E-state index in [0.29, 0.717) is 22.2 Å². The van der Waals surface area contributed by atoms with Crippen LogP contribution in [0.1, 0.15) is 11.6 Å². The Labute approximate surface area is 104 Å². The van der Waals surface area contributed by atoms with Crippen LogP contribution in [0.5, 0.6) is 0 Å². The van der Waals surface area contributed by atoms with E-state index in [9.17, 15) is 4.79 Å². The first-order valence-electron chi connectivity index (χ1n) is 4.59. The molecule has 0 fully saturated rings. The number of hydrogen-bond donors (Lipinski definition) is 2. The lowest BCUT2D eigenvalue weighted by Gasteiger charge is -2.16. The normalized spacial score (nSPS) is 12.1. The molecule has 1 atom stereocenters. The highest BCUT2D eigenvalue weighted by Crippen LogP contribution is 2.30. The van der Waals surface area contributed by atoms with Gasteiger partial charge in [-0.3, -0.25) is 10.1 Å². The van der Waals surface area contributed by atoms with Crippen molar-refractivity contribution in [1.29, 1.82) is 0 Å². The fourth-order valence-corrected chi connectivity index (χ4v) is 1.92. The van der Waals surface area contributed by atoms with Gasteiger partial charge in [-0.25, -0.2) is 0 Å². The molecule has 0 bridgehead atoms. The maximum Gasteiger partial charge on any atom is 0.325 e. The summed E-state index contributed by atoms with van der Waals surface area (Å²) in [5.41, 5.74) is 0.375. The van der Waals surface area contributed by atoms with Gasteiger partial charge in [0.15, 0.2) is 0 Å². The summed E-state index contributed by atoms with van der Waals surface area (Å²) >= 11 is 11.9. The average molecular weight is 260 g/mol. The number of carbonyl (C=O) groups is 1. The molecular weight excluding hydrogens is 249 g/mol. The number of carboxylic acids is 1. The van der Waals surface area contributed by atoms with Gasteiger partial charge in [0.2, 0.25) is 0 Å². The Balaban J connectivity index is 3.10. The number of nitrogens with one attached hydrogen (secondary N) is 1. The van der Waals surface area contributed by atoms with Crippen molar-refractivity contribution in [1.82, 2.24) is 5.32 Å². The SMILES string of the molecule is C=CCNC(C(=O)O)c1c(Cl)cccc1Cl. The highest BCUT2D eigenvalue weighted by atomic mass is 35.5. The van der Waals surface area contributed by atoms with Crippen molar-refractivity contribution in [3.05, 3.63) is 46.5 Å². The monoisotopic (exact) mass is 259 g/mol. The number of halogens is 2. The predicted molar refractivity (Wildman–Crippen MR) is 65.0 cm³/mol. The van der Waals surface area contributed by atoms with Crippen LogP contribution in [0.25, 0.3) is 0 Å². The van der Waals surface area contributed by atoms with E-state index < -0.39 is 12.0 Å². The molecule has 0 amide bonds. The second kappa shape index (κ2) is 5.89. The predicted octanol–water partition coefficient (Wildman–Crippen LogP) is 2.89. The summed E-state index contributed by atoms with van der Waals surface area (Å²) in [6.45, 7) is 3.87. The van der Waals surface area contributed by atoms with Crippen molar-refractivity contribution in [2.45, 2.75) is 6.04 Å². The zero-order valence-electron chi connectivity index (χ0n) is 8.41. The molecule has 0 aliphatic rings. The second-order valence-electron chi connectivity index (χ2n) is 3.10. The quantitative estimate of drug-likeness (QED) is 0.800. The minimum Gasteiger partial charge on any atom is -0.480 e. The largest absolute Gasteiger partial charge is 0.480 e. The number of benzene rings is 1. The molecule has 1 aromatic rings. The zero-order valence-corrected chi connectivity index (χ0v) is 9.92. The van der Waals surface area contributed by atoms with Crippen molar-refractivity contribution < 1.29 is 9.90 Å². The van der Waals surface area contributed by atoms with Gasteiger partial charge in [-0.15, -0.1) is 6.58 Å². The first-order valence-corrected chi connectivity index (χ1v) is 5.34. The summed E-state index contributed by atoms with van der Waals surface area (Å²) in [5, 5.41) is 12.5. The van der Waals surface area contributed by atoms with Crippen LogP contribution >= 0.6 is 23.2 Å². The molecule has 0 aliphatic heterocycles. The molecular formula is C11H11Cl2NO2. The zero-order chi connectivity index (χ0) is 12.1.